The molecule has 14 heavy (non-hydrogen) atoms. The van der Waals surface area contributed by atoms with Gasteiger partial charge in [0.2, 0.25) is 5.91 Å². The van der Waals surface area contributed by atoms with Gasteiger partial charge in [0.1, 0.15) is 5.78 Å². The van der Waals surface area contributed by atoms with E-state index in [2.05, 4.69) is 5.32 Å². The Kier molecular flexibility index (Phi) is 3.63. The molecule has 1 aliphatic rings. The molecule has 1 N–H and O–H groups in total. The number of carbonyl (C=O) groups excluding carboxylic acids is 2. The Morgan fingerprint density at radius 2 is 2.14 bits per heavy atom. The number of nitrogens with one attached hydrogen (secondary N) is 1. The van der Waals surface area contributed by atoms with E-state index >= 15 is 0 Å². The van der Waals surface area contributed by atoms with Crippen molar-refractivity contribution >= 4 is 11.7 Å². The largest absolute Gasteiger partial charge is 0.358 e. The zero-order valence-corrected chi connectivity index (χ0v) is 9.04. The summed E-state index contributed by atoms with van der Waals surface area (Å²) < 4.78 is 0. The third-order valence-corrected chi connectivity index (χ3v) is 2.93. The van der Waals surface area contributed by atoms with Crippen LogP contribution < -0.4 is 5.32 Å². The summed E-state index contributed by atoms with van der Waals surface area (Å²) in [4.78, 5) is 24.7. The SMILES string of the molecule is CNC(=O)C1CCCN1C(C)C(C)=O. The zero-order chi connectivity index (χ0) is 10.7. The quantitative estimate of drug-likeness (QED) is 0.703. The molecule has 4 nitrogen and oxygen atoms in total. The highest BCUT2D eigenvalue weighted by Crippen LogP contribution is 2.20. The molecular weight excluding hydrogens is 180 g/mol. The molecular formula is C10H18N2O2. The van der Waals surface area contributed by atoms with Crippen molar-refractivity contribution in [3.05, 3.63) is 0 Å². The molecule has 0 spiro atoms. The lowest BCUT2D eigenvalue weighted by atomic mass is 10.1. The summed E-state index contributed by atoms with van der Waals surface area (Å²) in [5.41, 5.74) is 0. The van der Waals surface area contributed by atoms with E-state index in [-0.39, 0.29) is 23.8 Å². The van der Waals surface area contributed by atoms with Crippen molar-refractivity contribution < 1.29 is 9.59 Å². The third kappa shape index (κ3) is 2.12. The molecule has 1 amide bonds. The van der Waals surface area contributed by atoms with E-state index in [1.807, 2.05) is 11.8 Å². The predicted molar refractivity (Wildman–Crippen MR) is 53.9 cm³/mol. The van der Waals surface area contributed by atoms with Gasteiger partial charge in [-0.05, 0) is 33.2 Å². The lowest BCUT2D eigenvalue weighted by molar-refractivity contribution is -0.128. The number of carbonyl (C=O) groups is 2. The highest BCUT2D eigenvalue weighted by atomic mass is 16.2. The Balaban J connectivity index is 2.68. The minimum atomic E-state index is -0.139. The summed E-state index contributed by atoms with van der Waals surface area (Å²) in [7, 11) is 1.64. The van der Waals surface area contributed by atoms with Crippen LogP contribution in [-0.4, -0.2) is 42.3 Å². The van der Waals surface area contributed by atoms with Crippen LogP contribution in [0.1, 0.15) is 26.7 Å². The van der Waals surface area contributed by atoms with Gasteiger partial charge in [-0.2, -0.15) is 0 Å². The molecule has 2 unspecified atom stereocenters. The normalized spacial score (nSPS) is 24.6. The number of nitrogens with zero attached hydrogens (tertiary/aromatic N) is 1. The predicted octanol–water partition coefficient (Wildman–Crippen LogP) is 0.174. The second kappa shape index (κ2) is 4.55. The monoisotopic (exact) mass is 198 g/mol. The van der Waals surface area contributed by atoms with Gasteiger partial charge in [-0.1, -0.05) is 0 Å². The van der Waals surface area contributed by atoms with Gasteiger partial charge in [0.15, 0.2) is 0 Å². The zero-order valence-electron chi connectivity index (χ0n) is 9.04. The average Bonchev–Trinajstić information content (AvgIpc) is 2.63. The molecule has 2 atom stereocenters. The fraction of sp³-hybridized carbons (Fsp3) is 0.800. The maximum Gasteiger partial charge on any atom is 0.237 e. The molecule has 1 aliphatic heterocycles. The molecule has 4 heteroatoms. The smallest absolute Gasteiger partial charge is 0.237 e. The Bertz CT molecular complexity index is 240. The molecule has 1 rings (SSSR count). The van der Waals surface area contributed by atoms with Crippen molar-refractivity contribution in [3.8, 4) is 0 Å². The van der Waals surface area contributed by atoms with Crippen LogP contribution in [-0.2, 0) is 9.59 Å². The fourth-order valence-electron chi connectivity index (χ4n) is 1.93. The van der Waals surface area contributed by atoms with Gasteiger partial charge in [0, 0.05) is 7.05 Å². The first-order valence-corrected chi connectivity index (χ1v) is 5.05. The first-order valence-electron chi connectivity index (χ1n) is 5.05. The Labute approximate surface area is 84.7 Å². The molecule has 0 aromatic rings. The van der Waals surface area contributed by atoms with Crippen molar-refractivity contribution in [1.29, 1.82) is 0 Å². The number of ketones is 1. The lowest BCUT2D eigenvalue weighted by Crippen LogP contribution is -2.48. The summed E-state index contributed by atoms with van der Waals surface area (Å²) in [6.45, 7) is 4.28. The number of amides is 1. The summed E-state index contributed by atoms with van der Waals surface area (Å²) in [6.07, 6.45) is 1.85. The van der Waals surface area contributed by atoms with Gasteiger partial charge < -0.3 is 5.32 Å². The van der Waals surface area contributed by atoms with E-state index in [1.165, 1.54) is 0 Å². The van der Waals surface area contributed by atoms with Gasteiger partial charge in [0.05, 0.1) is 12.1 Å². The maximum absolute atomic E-state index is 11.5. The van der Waals surface area contributed by atoms with Crippen molar-refractivity contribution in [1.82, 2.24) is 10.2 Å². The van der Waals surface area contributed by atoms with Gasteiger partial charge in [-0.3, -0.25) is 14.5 Å². The van der Waals surface area contributed by atoms with E-state index in [1.54, 1.807) is 14.0 Å². The lowest BCUT2D eigenvalue weighted by Gasteiger charge is -2.27. The number of likely N-dealkylation sites (tertiary alicyclic amines) is 1. The van der Waals surface area contributed by atoms with E-state index < -0.39 is 0 Å². The highest BCUT2D eigenvalue weighted by molar-refractivity contribution is 5.85. The second-order valence-corrected chi connectivity index (χ2v) is 3.80. The fourth-order valence-corrected chi connectivity index (χ4v) is 1.93. The number of hydrogen-bond acceptors (Lipinski definition) is 3. The minimum Gasteiger partial charge on any atom is -0.358 e. The molecule has 1 fully saturated rings. The van der Waals surface area contributed by atoms with E-state index in [0.29, 0.717) is 0 Å². The van der Waals surface area contributed by atoms with Crippen LogP contribution >= 0.6 is 0 Å². The topological polar surface area (TPSA) is 49.4 Å². The van der Waals surface area contributed by atoms with E-state index in [9.17, 15) is 9.59 Å². The molecule has 1 saturated heterocycles. The first kappa shape index (κ1) is 11.2. The molecule has 0 saturated carbocycles. The van der Waals surface area contributed by atoms with Crippen LogP contribution in [0.3, 0.4) is 0 Å². The van der Waals surface area contributed by atoms with Crippen molar-refractivity contribution in [2.45, 2.75) is 38.8 Å². The number of likely N-dealkylation sites (N-methyl/N-ethyl adjacent to an activating group) is 1. The Hall–Kier alpha value is -0.900. The number of rotatable bonds is 3. The van der Waals surface area contributed by atoms with Crippen LogP contribution in [0, 0.1) is 0 Å². The molecule has 1 heterocycles. The first-order chi connectivity index (χ1) is 6.57. The van der Waals surface area contributed by atoms with Crippen molar-refractivity contribution in [2.75, 3.05) is 13.6 Å². The van der Waals surface area contributed by atoms with Crippen molar-refractivity contribution in [2.24, 2.45) is 0 Å². The highest BCUT2D eigenvalue weighted by Gasteiger charge is 2.34. The van der Waals surface area contributed by atoms with Crippen LogP contribution in [0.4, 0.5) is 0 Å². The third-order valence-electron chi connectivity index (χ3n) is 2.93. The van der Waals surface area contributed by atoms with Gasteiger partial charge in [-0.15, -0.1) is 0 Å². The van der Waals surface area contributed by atoms with Crippen LogP contribution in [0.15, 0.2) is 0 Å². The van der Waals surface area contributed by atoms with Crippen molar-refractivity contribution in [3.63, 3.8) is 0 Å². The Morgan fingerprint density at radius 3 is 2.64 bits per heavy atom. The molecule has 0 radical (unpaired) electrons. The number of Topliss-reactive ketones (excluding diaryl/α,β-unsaturated/α-hetero) is 1. The van der Waals surface area contributed by atoms with Gasteiger partial charge >= 0.3 is 0 Å². The standard InChI is InChI=1S/C10H18N2O2/c1-7(8(2)13)12-6-4-5-9(12)10(14)11-3/h7,9H,4-6H2,1-3H3,(H,11,14). The molecule has 80 valence electrons. The molecule has 0 bridgehead atoms. The molecule has 0 aliphatic carbocycles. The summed E-state index contributed by atoms with van der Waals surface area (Å²) in [5, 5.41) is 2.64. The number of hydrogen-bond donors (Lipinski definition) is 1. The molecule has 0 aromatic heterocycles. The van der Waals surface area contributed by atoms with Crippen LogP contribution in [0.2, 0.25) is 0 Å². The second-order valence-electron chi connectivity index (χ2n) is 3.80. The minimum absolute atomic E-state index is 0.0237. The maximum atomic E-state index is 11.5. The summed E-state index contributed by atoms with van der Waals surface area (Å²) >= 11 is 0. The van der Waals surface area contributed by atoms with E-state index in [0.717, 1.165) is 19.4 Å². The van der Waals surface area contributed by atoms with Gasteiger partial charge in [-0.25, -0.2) is 0 Å². The molecule has 0 aromatic carbocycles. The van der Waals surface area contributed by atoms with Crippen LogP contribution in [0.5, 0.6) is 0 Å². The van der Waals surface area contributed by atoms with E-state index in [4.69, 9.17) is 0 Å². The Morgan fingerprint density at radius 1 is 1.50 bits per heavy atom. The summed E-state index contributed by atoms with van der Waals surface area (Å²) in [6, 6.07) is -0.251. The average molecular weight is 198 g/mol. The van der Waals surface area contributed by atoms with Crippen LogP contribution in [0.25, 0.3) is 0 Å². The summed E-state index contributed by atoms with van der Waals surface area (Å²) in [5.74, 6) is 0.149. The van der Waals surface area contributed by atoms with Gasteiger partial charge in [0.25, 0.3) is 0 Å².